The summed E-state index contributed by atoms with van der Waals surface area (Å²) in [6.07, 6.45) is 5.10. The lowest BCUT2D eigenvalue weighted by Crippen LogP contribution is -2.33. The second-order valence-corrected chi connectivity index (χ2v) is 4.44. The maximum Gasteiger partial charge on any atom is 0.157 e. The Labute approximate surface area is 98.7 Å². The molecule has 7 heteroatoms. The highest BCUT2D eigenvalue weighted by atomic mass is 15.4. The Hall–Kier alpha value is -1.76. The monoisotopic (exact) mass is 233 g/mol. The molecule has 0 radical (unpaired) electrons. The summed E-state index contributed by atoms with van der Waals surface area (Å²) in [4.78, 5) is 3.95. The molecule has 0 saturated carbocycles. The van der Waals surface area contributed by atoms with Gasteiger partial charge in [0.1, 0.15) is 24.5 Å². The molecule has 17 heavy (non-hydrogen) atoms. The van der Waals surface area contributed by atoms with Crippen molar-refractivity contribution in [2.75, 3.05) is 0 Å². The van der Waals surface area contributed by atoms with Crippen LogP contribution >= 0.6 is 0 Å². The molecule has 3 heterocycles. The van der Waals surface area contributed by atoms with E-state index < -0.39 is 0 Å². The van der Waals surface area contributed by atoms with Crippen molar-refractivity contribution in [2.45, 2.75) is 38.4 Å². The van der Waals surface area contributed by atoms with Crippen molar-refractivity contribution in [2.24, 2.45) is 5.73 Å². The van der Waals surface area contributed by atoms with Crippen molar-refractivity contribution in [1.82, 2.24) is 29.5 Å². The lowest BCUT2D eigenvalue weighted by atomic mass is 10.1. The number of rotatable bonds is 2. The number of nitrogens with two attached hydrogens (primary N) is 1. The van der Waals surface area contributed by atoms with Gasteiger partial charge >= 0.3 is 0 Å². The topological polar surface area (TPSA) is 87.4 Å². The number of hydrogen-bond donors (Lipinski definition) is 1. The first kappa shape index (κ1) is 10.4. The van der Waals surface area contributed by atoms with E-state index in [0.717, 1.165) is 31.0 Å². The van der Waals surface area contributed by atoms with Gasteiger partial charge in [-0.05, 0) is 13.3 Å². The molecular weight excluding hydrogens is 218 g/mol. The van der Waals surface area contributed by atoms with Crippen LogP contribution in [0.5, 0.6) is 0 Å². The maximum absolute atomic E-state index is 5.99. The van der Waals surface area contributed by atoms with E-state index in [-0.39, 0.29) is 12.1 Å². The van der Waals surface area contributed by atoms with E-state index in [1.807, 2.05) is 6.92 Å². The number of aryl methyl sites for hydroxylation is 1. The Kier molecular flexibility index (Phi) is 2.40. The third-order valence-corrected chi connectivity index (χ3v) is 3.22. The van der Waals surface area contributed by atoms with Gasteiger partial charge < -0.3 is 10.3 Å². The fraction of sp³-hybridized carbons (Fsp3) is 0.600. The molecule has 2 atom stereocenters. The summed E-state index contributed by atoms with van der Waals surface area (Å²) in [6.45, 7) is 2.82. The van der Waals surface area contributed by atoms with Crippen molar-refractivity contribution >= 4 is 0 Å². The predicted molar refractivity (Wildman–Crippen MR) is 60.2 cm³/mol. The molecule has 2 aromatic heterocycles. The van der Waals surface area contributed by atoms with Gasteiger partial charge in [0.15, 0.2) is 5.82 Å². The third-order valence-electron chi connectivity index (χ3n) is 3.22. The second-order valence-electron chi connectivity index (χ2n) is 4.44. The molecule has 2 aromatic rings. The van der Waals surface area contributed by atoms with Crippen LogP contribution in [0.15, 0.2) is 12.7 Å². The highest BCUT2D eigenvalue weighted by Crippen LogP contribution is 2.20. The highest BCUT2D eigenvalue weighted by molar-refractivity contribution is 5.05. The summed E-state index contributed by atoms with van der Waals surface area (Å²) in [5.41, 5.74) is 5.99. The quantitative estimate of drug-likeness (QED) is 0.773. The number of aromatic nitrogens is 6. The Morgan fingerprint density at radius 1 is 1.47 bits per heavy atom. The molecule has 0 spiro atoms. The summed E-state index contributed by atoms with van der Waals surface area (Å²) in [7, 11) is 0. The van der Waals surface area contributed by atoms with Gasteiger partial charge in [-0.1, -0.05) is 0 Å². The van der Waals surface area contributed by atoms with Gasteiger partial charge in [0, 0.05) is 19.0 Å². The maximum atomic E-state index is 5.99. The molecule has 0 saturated heterocycles. The number of nitrogens with zero attached hydrogens (tertiary/aromatic N) is 6. The van der Waals surface area contributed by atoms with Crippen LogP contribution in [0.4, 0.5) is 0 Å². The SMILES string of the molecule is CC(c1nnc2n1CC(N)CC2)n1cncn1. The molecule has 0 aliphatic carbocycles. The first-order valence-electron chi connectivity index (χ1n) is 5.77. The minimum atomic E-state index is 0.0315. The number of fused-ring (bicyclic) bond motifs is 1. The van der Waals surface area contributed by atoms with E-state index >= 15 is 0 Å². The molecule has 0 bridgehead atoms. The minimum Gasteiger partial charge on any atom is -0.326 e. The second kappa shape index (κ2) is 3.92. The molecule has 1 aliphatic rings. The zero-order chi connectivity index (χ0) is 11.8. The van der Waals surface area contributed by atoms with Crippen LogP contribution in [0.2, 0.25) is 0 Å². The molecule has 0 aromatic carbocycles. The molecule has 7 nitrogen and oxygen atoms in total. The van der Waals surface area contributed by atoms with Crippen LogP contribution in [-0.2, 0) is 13.0 Å². The van der Waals surface area contributed by atoms with Crippen LogP contribution in [0, 0.1) is 0 Å². The summed E-state index contributed by atoms with van der Waals surface area (Å²) in [5, 5.41) is 12.6. The molecule has 3 rings (SSSR count). The van der Waals surface area contributed by atoms with E-state index in [1.165, 1.54) is 6.33 Å². The van der Waals surface area contributed by atoms with E-state index in [0.29, 0.717) is 0 Å². The van der Waals surface area contributed by atoms with E-state index in [4.69, 9.17) is 5.73 Å². The fourth-order valence-electron chi connectivity index (χ4n) is 2.22. The van der Waals surface area contributed by atoms with Crippen LogP contribution in [0.1, 0.15) is 31.0 Å². The molecule has 0 amide bonds. The number of hydrogen-bond acceptors (Lipinski definition) is 5. The summed E-state index contributed by atoms with van der Waals surface area (Å²) in [6, 6.07) is 0.226. The fourth-order valence-corrected chi connectivity index (χ4v) is 2.22. The summed E-state index contributed by atoms with van der Waals surface area (Å²) >= 11 is 0. The Bertz CT molecular complexity index is 501. The van der Waals surface area contributed by atoms with Gasteiger partial charge in [-0.25, -0.2) is 9.67 Å². The zero-order valence-electron chi connectivity index (χ0n) is 9.69. The van der Waals surface area contributed by atoms with Crippen LogP contribution in [-0.4, -0.2) is 35.6 Å². The summed E-state index contributed by atoms with van der Waals surface area (Å²) < 4.78 is 3.89. The van der Waals surface area contributed by atoms with Gasteiger partial charge in [-0.2, -0.15) is 5.10 Å². The van der Waals surface area contributed by atoms with Crippen molar-refractivity contribution in [1.29, 1.82) is 0 Å². The van der Waals surface area contributed by atoms with Crippen LogP contribution < -0.4 is 5.73 Å². The van der Waals surface area contributed by atoms with Crippen molar-refractivity contribution < 1.29 is 0 Å². The van der Waals surface area contributed by atoms with Gasteiger partial charge in [-0.15, -0.1) is 10.2 Å². The first-order valence-corrected chi connectivity index (χ1v) is 5.77. The lowest BCUT2D eigenvalue weighted by Gasteiger charge is -2.22. The van der Waals surface area contributed by atoms with E-state index in [9.17, 15) is 0 Å². The standard InChI is InChI=1S/C10H15N7/c1-7(17-6-12-5-13-17)10-15-14-9-3-2-8(11)4-16(9)10/h5-8H,2-4,11H2,1H3. The van der Waals surface area contributed by atoms with Gasteiger partial charge in [0.05, 0.1) is 0 Å². The van der Waals surface area contributed by atoms with Crippen LogP contribution in [0.3, 0.4) is 0 Å². The van der Waals surface area contributed by atoms with E-state index in [1.54, 1.807) is 11.0 Å². The molecule has 0 fully saturated rings. The third kappa shape index (κ3) is 1.72. The zero-order valence-corrected chi connectivity index (χ0v) is 9.69. The van der Waals surface area contributed by atoms with Crippen molar-refractivity contribution in [3.05, 3.63) is 24.3 Å². The van der Waals surface area contributed by atoms with Crippen LogP contribution in [0.25, 0.3) is 0 Å². The molecular formula is C10H15N7. The smallest absolute Gasteiger partial charge is 0.157 e. The van der Waals surface area contributed by atoms with Crippen molar-refractivity contribution in [3.8, 4) is 0 Å². The van der Waals surface area contributed by atoms with Gasteiger partial charge in [0.2, 0.25) is 0 Å². The summed E-state index contributed by atoms with van der Waals surface area (Å²) in [5.74, 6) is 1.93. The average molecular weight is 233 g/mol. The van der Waals surface area contributed by atoms with Gasteiger partial charge in [0.25, 0.3) is 0 Å². The Balaban J connectivity index is 1.96. The molecule has 1 aliphatic heterocycles. The van der Waals surface area contributed by atoms with Crippen molar-refractivity contribution in [3.63, 3.8) is 0 Å². The molecule has 2 N–H and O–H groups in total. The first-order chi connectivity index (χ1) is 8.25. The minimum absolute atomic E-state index is 0.0315. The Morgan fingerprint density at radius 3 is 3.12 bits per heavy atom. The molecule has 2 unspecified atom stereocenters. The van der Waals surface area contributed by atoms with E-state index in [2.05, 4.69) is 24.8 Å². The van der Waals surface area contributed by atoms with Gasteiger partial charge in [-0.3, -0.25) is 0 Å². The average Bonchev–Trinajstić information content (AvgIpc) is 2.97. The highest BCUT2D eigenvalue weighted by Gasteiger charge is 2.24. The predicted octanol–water partition coefficient (Wildman–Crippen LogP) is -0.248. The largest absolute Gasteiger partial charge is 0.326 e. The Morgan fingerprint density at radius 2 is 2.35 bits per heavy atom. The lowest BCUT2D eigenvalue weighted by molar-refractivity contribution is 0.420. The molecule has 90 valence electrons. The normalized spacial score (nSPS) is 21.2.